The van der Waals surface area contributed by atoms with Crippen molar-refractivity contribution < 1.29 is 13.9 Å². The maximum absolute atomic E-state index is 13.7. The van der Waals surface area contributed by atoms with Crippen molar-refractivity contribution in [3.8, 4) is 22.8 Å². The molecule has 0 amide bonds. The molecule has 2 aromatic heterocycles. The highest BCUT2D eigenvalue weighted by atomic mass is 19.1. The van der Waals surface area contributed by atoms with Gasteiger partial charge in [0.15, 0.2) is 0 Å². The van der Waals surface area contributed by atoms with Crippen molar-refractivity contribution in [1.29, 1.82) is 0 Å². The van der Waals surface area contributed by atoms with E-state index in [1.807, 2.05) is 36.4 Å². The Morgan fingerprint density at radius 3 is 1.83 bits per heavy atom. The Morgan fingerprint density at radius 2 is 1.29 bits per heavy atom. The zero-order valence-corrected chi connectivity index (χ0v) is 22.6. The fourth-order valence-corrected chi connectivity index (χ4v) is 4.27. The van der Waals surface area contributed by atoms with Crippen LogP contribution in [-0.2, 0) is 19.6 Å². The third kappa shape index (κ3) is 6.50. The Kier molecular flexibility index (Phi) is 8.19. The van der Waals surface area contributed by atoms with Gasteiger partial charge in [-0.2, -0.15) is 4.98 Å². The maximum atomic E-state index is 13.7. The number of hydrogen-bond donors (Lipinski definition) is 1. The Hall–Kier alpha value is -5.25. The van der Waals surface area contributed by atoms with E-state index in [-0.39, 0.29) is 31.4 Å². The number of nitrogens with one attached hydrogen (secondary N) is 1. The summed E-state index contributed by atoms with van der Waals surface area (Å²) in [6.45, 7) is 0.517. The number of halogens is 1. The first-order chi connectivity index (χ1) is 19.9. The van der Waals surface area contributed by atoms with Gasteiger partial charge in [0.2, 0.25) is 5.95 Å². The van der Waals surface area contributed by atoms with Crippen molar-refractivity contribution in [1.82, 2.24) is 19.1 Å². The fraction of sp³-hybridized carbons (Fsp3) is 0.161. The molecule has 0 fully saturated rings. The van der Waals surface area contributed by atoms with E-state index in [0.29, 0.717) is 17.2 Å². The smallest absolute Gasteiger partial charge is 0.355 e. The van der Waals surface area contributed by atoms with Crippen LogP contribution in [-0.4, -0.2) is 33.3 Å². The molecule has 0 atom stereocenters. The Labute approximate surface area is 235 Å². The molecule has 0 aliphatic carbocycles. The molecule has 0 saturated carbocycles. The molecule has 41 heavy (non-hydrogen) atoms. The summed E-state index contributed by atoms with van der Waals surface area (Å²) in [4.78, 5) is 35.4. The number of ether oxygens (including phenoxy) is 2. The second kappa shape index (κ2) is 12.3. The first kappa shape index (κ1) is 27.3. The average Bonchev–Trinajstić information content (AvgIpc) is 3.01. The summed E-state index contributed by atoms with van der Waals surface area (Å²) in [6, 6.07) is 24.3. The number of methoxy groups -OCH3 is 2. The van der Waals surface area contributed by atoms with E-state index in [2.05, 4.69) is 15.3 Å². The van der Waals surface area contributed by atoms with Crippen LogP contribution in [0, 0.1) is 5.82 Å². The molecule has 5 rings (SSSR count). The van der Waals surface area contributed by atoms with E-state index in [0.717, 1.165) is 26.8 Å². The van der Waals surface area contributed by atoms with Crippen molar-refractivity contribution in [2.24, 2.45) is 0 Å². The molecule has 208 valence electrons. The molecule has 0 saturated heterocycles. The van der Waals surface area contributed by atoms with Gasteiger partial charge in [-0.3, -0.25) is 9.55 Å². The van der Waals surface area contributed by atoms with Gasteiger partial charge >= 0.3 is 11.4 Å². The van der Waals surface area contributed by atoms with E-state index in [1.54, 1.807) is 56.8 Å². The summed E-state index contributed by atoms with van der Waals surface area (Å²) in [7, 11) is 3.16. The molecule has 3 aromatic carbocycles. The zero-order chi connectivity index (χ0) is 28.8. The van der Waals surface area contributed by atoms with Crippen LogP contribution >= 0.6 is 0 Å². The molecule has 0 bridgehead atoms. The van der Waals surface area contributed by atoms with E-state index >= 15 is 0 Å². The Morgan fingerprint density at radius 1 is 0.732 bits per heavy atom. The quantitative estimate of drug-likeness (QED) is 0.275. The molecule has 9 nitrogen and oxygen atoms in total. The van der Waals surface area contributed by atoms with Crippen molar-refractivity contribution >= 4 is 5.95 Å². The summed E-state index contributed by atoms with van der Waals surface area (Å²) in [6.07, 6.45) is 1.68. The van der Waals surface area contributed by atoms with Crippen LogP contribution in [0.1, 0.15) is 16.7 Å². The number of pyridine rings is 1. The zero-order valence-electron chi connectivity index (χ0n) is 22.6. The van der Waals surface area contributed by atoms with Crippen LogP contribution in [0.15, 0.2) is 101 Å². The SMILES string of the molecule is COc1ccc(Cn2c(NCc3ccc(-c4ccc(F)cc4)nc3)nc(=O)n(Cc3ccc(OC)cc3)c2=O)cc1. The minimum absolute atomic E-state index is 0.0618. The molecule has 0 spiro atoms. The standard InChI is InChI=1S/C31H28FN5O4/c1-40-26-12-3-21(4-13-26)19-36-29(34-18-23-7-16-28(33-17-23)24-8-10-25(32)11-9-24)35-30(38)37(31(36)39)20-22-5-14-27(41-2)15-6-22/h3-17H,18-20H2,1-2H3,(H,34,35,38). The topological polar surface area (TPSA) is 100 Å². The predicted octanol–water partition coefficient (Wildman–Crippen LogP) is 4.33. The summed E-state index contributed by atoms with van der Waals surface area (Å²) in [5, 5.41) is 3.13. The van der Waals surface area contributed by atoms with Crippen LogP contribution in [0.4, 0.5) is 10.3 Å². The van der Waals surface area contributed by atoms with Crippen molar-refractivity contribution in [3.05, 3.63) is 135 Å². The third-order valence-corrected chi connectivity index (χ3v) is 6.56. The number of nitrogens with zero attached hydrogens (tertiary/aromatic N) is 4. The minimum Gasteiger partial charge on any atom is -0.497 e. The molecule has 10 heteroatoms. The van der Waals surface area contributed by atoms with Crippen molar-refractivity contribution in [2.45, 2.75) is 19.6 Å². The molecule has 0 aliphatic rings. The lowest BCUT2D eigenvalue weighted by molar-refractivity contribution is 0.414. The molecule has 5 aromatic rings. The number of benzene rings is 3. The summed E-state index contributed by atoms with van der Waals surface area (Å²) in [5.41, 5.74) is 2.73. The highest BCUT2D eigenvalue weighted by Gasteiger charge is 2.15. The van der Waals surface area contributed by atoms with Gasteiger partial charge in [0, 0.05) is 18.3 Å². The predicted molar refractivity (Wildman–Crippen MR) is 154 cm³/mol. The highest BCUT2D eigenvalue weighted by Crippen LogP contribution is 2.18. The van der Waals surface area contributed by atoms with Crippen LogP contribution < -0.4 is 26.2 Å². The van der Waals surface area contributed by atoms with E-state index in [9.17, 15) is 14.0 Å². The molecule has 1 N–H and O–H groups in total. The van der Waals surface area contributed by atoms with Crippen molar-refractivity contribution in [3.63, 3.8) is 0 Å². The first-order valence-electron chi connectivity index (χ1n) is 12.9. The van der Waals surface area contributed by atoms with E-state index < -0.39 is 11.4 Å². The number of rotatable bonds is 10. The Bertz CT molecular complexity index is 1730. The van der Waals surface area contributed by atoms with Gasteiger partial charge in [-0.15, -0.1) is 0 Å². The third-order valence-electron chi connectivity index (χ3n) is 6.56. The molecular weight excluding hydrogens is 525 g/mol. The highest BCUT2D eigenvalue weighted by molar-refractivity contribution is 5.58. The number of aromatic nitrogens is 4. The molecular formula is C31H28FN5O4. The van der Waals surface area contributed by atoms with Crippen LogP contribution in [0.25, 0.3) is 11.3 Å². The monoisotopic (exact) mass is 553 g/mol. The van der Waals surface area contributed by atoms with Crippen LogP contribution in [0.5, 0.6) is 11.5 Å². The van der Waals surface area contributed by atoms with Gasteiger partial charge in [0.25, 0.3) is 0 Å². The number of hydrogen-bond acceptors (Lipinski definition) is 7. The summed E-state index contributed by atoms with van der Waals surface area (Å²) < 4.78 is 26.2. The van der Waals surface area contributed by atoms with Gasteiger partial charge in [0.05, 0.1) is 33.0 Å². The molecule has 0 aliphatic heterocycles. The van der Waals surface area contributed by atoms with Gasteiger partial charge in [-0.25, -0.2) is 18.5 Å². The van der Waals surface area contributed by atoms with E-state index in [1.165, 1.54) is 16.7 Å². The normalized spacial score (nSPS) is 10.8. The van der Waals surface area contributed by atoms with Crippen LogP contribution in [0.2, 0.25) is 0 Å². The van der Waals surface area contributed by atoms with Crippen LogP contribution in [0.3, 0.4) is 0 Å². The van der Waals surface area contributed by atoms with Gasteiger partial charge in [0.1, 0.15) is 17.3 Å². The first-order valence-corrected chi connectivity index (χ1v) is 12.9. The number of anilines is 1. The van der Waals surface area contributed by atoms with Gasteiger partial charge in [-0.05, 0) is 71.3 Å². The van der Waals surface area contributed by atoms with E-state index in [4.69, 9.17) is 9.47 Å². The lowest BCUT2D eigenvalue weighted by Gasteiger charge is -2.16. The lowest BCUT2D eigenvalue weighted by Crippen LogP contribution is -2.43. The largest absolute Gasteiger partial charge is 0.497 e. The minimum atomic E-state index is -0.663. The average molecular weight is 554 g/mol. The summed E-state index contributed by atoms with van der Waals surface area (Å²) in [5.74, 6) is 1.20. The lowest BCUT2D eigenvalue weighted by atomic mass is 10.1. The van der Waals surface area contributed by atoms with Gasteiger partial charge < -0.3 is 14.8 Å². The second-order valence-electron chi connectivity index (χ2n) is 9.28. The Balaban J connectivity index is 1.43. The van der Waals surface area contributed by atoms with Gasteiger partial charge in [-0.1, -0.05) is 30.3 Å². The fourth-order valence-electron chi connectivity index (χ4n) is 4.27. The molecule has 2 heterocycles. The van der Waals surface area contributed by atoms with Crippen molar-refractivity contribution in [2.75, 3.05) is 19.5 Å². The molecule has 0 unspecified atom stereocenters. The molecule has 0 radical (unpaired) electrons. The summed E-state index contributed by atoms with van der Waals surface area (Å²) >= 11 is 0. The maximum Gasteiger partial charge on any atom is 0.355 e. The second-order valence-corrected chi connectivity index (χ2v) is 9.28.